The Hall–Kier alpha value is -3.81. The largest absolute Gasteiger partial charge is 0.347 e. The van der Waals surface area contributed by atoms with Gasteiger partial charge in [0, 0.05) is 11.8 Å². The quantitative estimate of drug-likeness (QED) is 0.547. The Morgan fingerprint density at radius 1 is 1.13 bits per heavy atom. The standard InChI is InChI=1S/C22H18FN5O2/c23-17-8-4-2-6-14(17)12-28-20(29)16-11-24-21(26-19(16)27-22(28)30)25-18-10-9-13-5-1-3-7-15(13)18/h1-8,11,18H,9-10,12H2,(H2,24,25,26,27,30). The van der Waals surface area contributed by atoms with Gasteiger partial charge in [-0.2, -0.15) is 4.98 Å². The van der Waals surface area contributed by atoms with E-state index in [4.69, 9.17) is 0 Å². The third-order valence-corrected chi connectivity index (χ3v) is 5.46. The number of aromatic nitrogens is 4. The number of halogens is 1. The molecule has 0 aliphatic heterocycles. The van der Waals surface area contributed by atoms with Gasteiger partial charge in [-0.25, -0.2) is 14.2 Å². The van der Waals surface area contributed by atoms with Crippen molar-refractivity contribution in [2.75, 3.05) is 5.32 Å². The van der Waals surface area contributed by atoms with E-state index in [1.165, 1.54) is 29.5 Å². The third-order valence-electron chi connectivity index (χ3n) is 5.46. The number of hydrogen-bond donors (Lipinski definition) is 2. The van der Waals surface area contributed by atoms with E-state index in [1.54, 1.807) is 12.1 Å². The van der Waals surface area contributed by atoms with Crippen molar-refractivity contribution in [3.8, 4) is 0 Å². The average molecular weight is 403 g/mol. The molecule has 2 heterocycles. The Kier molecular flexibility index (Phi) is 4.39. The minimum absolute atomic E-state index is 0.0757. The highest BCUT2D eigenvalue weighted by Crippen LogP contribution is 2.32. The normalized spacial score (nSPS) is 15.3. The van der Waals surface area contributed by atoms with Crippen LogP contribution in [0, 0.1) is 5.82 Å². The van der Waals surface area contributed by atoms with Gasteiger partial charge in [-0.3, -0.25) is 14.3 Å². The molecule has 5 rings (SSSR count). The number of nitrogens with one attached hydrogen (secondary N) is 2. The third kappa shape index (κ3) is 3.16. The van der Waals surface area contributed by atoms with Crippen LogP contribution in [0.1, 0.15) is 29.2 Å². The van der Waals surface area contributed by atoms with Crippen LogP contribution in [0.5, 0.6) is 0 Å². The van der Waals surface area contributed by atoms with E-state index in [-0.39, 0.29) is 29.2 Å². The lowest BCUT2D eigenvalue weighted by atomic mass is 10.1. The van der Waals surface area contributed by atoms with Crippen LogP contribution in [-0.2, 0) is 13.0 Å². The van der Waals surface area contributed by atoms with Gasteiger partial charge in [0.25, 0.3) is 5.56 Å². The molecule has 8 heteroatoms. The number of benzene rings is 2. The number of aromatic amines is 1. The molecule has 0 fully saturated rings. The van der Waals surface area contributed by atoms with E-state index < -0.39 is 17.1 Å². The number of H-pyrrole nitrogens is 1. The lowest BCUT2D eigenvalue weighted by molar-refractivity contribution is 0.590. The van der Waals surface area contributed by atoms with E-state index in [0.717, 1.165) is 17.4 Å². The Balaban J connectivity index is 1.48. The Labute approximate surface area is 170 Å². The molecule has 2 N–H and O–H groups in total. The number of rotatable bonds is 4. The fraction of sp³-hybridized carbons (Fsp3) is 0.182. The van der Waals surface area contributed by atoms with E-state index in [1.807, 2.05) is 12.1 Å². The monoisotopic (exact) mass is 403 g/mol. The second-order valence-corrected chi connectivity index (χ2v) is 7.30. The predicted molar refractivity (Wildman–Crippen MR) is 111 cm³/mol. The first-order valence-corrected chi connectivity index (χ1v) is 9.68. The maximum atomic E-state index is 13.9. The number of fused-ring (bicyclic) bond motifs is 2. The summed E-state index contributed by atoms with van der Waals surface area (Å²) in [6, 6.07) is 14.3. The van der Waals surface area contributed by atoms with Gasteiger partial charge in [-0.15, -0.1) is 0 Å². The number of anilines is 1. The lowest BCUT2D eigenvalue weighted by Crippen LogP contribution is -2.36. The van der Waals surface area contributed by atoms with Gasteiger partial charge in [-0.1, -0.05) is 42.5 Å². The van der Waals surface area contributed by atoms with Gasteiger partial charge < -0.3 is 5.32 Å². The molecule has 7 nitrogen and oxygen atoms in total. The van der Waals surface area contributed by atoms with Gasteiger partial charge in [0.15, 0.2) is 5.65 Å². The maximum Gasteiger partial charge on any atom is 0.330 e. The molecule has 1 aliphatic carbocycles. The van der Waals surface area contributed by atoms with Crippen molar-refractivity contribution >= 4 is 17.0 Å². The van der Waals surface area contributed by atoms with Gasteiger partial charge >= 0.3 is 5.69 Å². The first-order chi connectivity index (χ1) is 14.6. The van der Waals surface area contributed by atoms with Crippen LogP contribution in [0.25, 0.3) is 11.0 Å². The first kappa shape index (κ1) is 18.2. The average Bonchev–Trinajstić information content (AvgIpc) is 3.15. The van der Waals surface area contributed by atoms with Crippen molar-refractivity contribution in [2.24, 2.45) is 0 Å². The molecule has 30 heavy (non-hydrogen) atoms. The summed E-state index contributed by atoms with van der Waals surface area (Å²) in [5, 5.41) is 3.46. The van der Waals surface area contributed by atoms with Crippen molar-refractivity contribution in [1.29, 1.82) is 0 Å². The van der Waals surface area contributed by atoms with Crippen LogP contribution in [0.4, 0.5) is 10.3 Å². The SMILES string of the molecule is O=c1[nH]c2nc(NC3CCc4ccccc43)ncc2c(=O)n1Cc1ccccc1F. The summed E-state index contributed by atoms with van der Waals surface area (Å²) >= 11 is 0. The molecule has 4 aromatic rings. The fourth-order valence-electron chi connectivity index (χ4n) is 3.91. The summed E-state index contributed by atoms with van der Waals surface area (Å²) in [5.74, 6) is -0.136. The second kappa shape index (κ2) is 7.22. The van der Waals surface area contributed by atoms with E-state index in [0.29, 0.717) is 5.95 Å². The highest BCUT2D eigenvalue weighted by Gasteiger charge is 2.22. The summed E-state index contributed by atoms with van der Waals surface area (Å²) in [6.45, 7) is -0.171. The van der Waals surface area contributed by atoms with E-state index in [2.05, 4.69) is 32.4 Å². The highest BCUT2D eigenvalue weighted by molar-refractivity contribution is 5.73. The molecule has 0 spiro atoms. The van der Waals surface area contributed by atoms with Gasteiger partial charge in [0.05, 0.1) is 12.6 Å². The molecular weight excluding hydrogens is 385 g/mol. The van der Waals surface area contributed by atoms with Gasteiger partial charge in [0.1, 0.15) is 11.2 Å². The molecule has 0 amide bonds. The molecule has 1 aliphatic rings. The number of hydrogen-bond acceptors (Lipinski definition) is 5. The lowest BCUT2D eigenvalue weighted by Gasteiger charge is -2.14. The summed E-state index contributed by atoms with van der Waals surface area (Å²) in [7, 11) is 0. The molecule has 0 radical (unpaired) electrons. The van der Waals surface area contributed by atoms with Crippen LogP contribution < -0.4 is 16.6 Å². The van der Waals surface area contributed by atoms with Crippen molar-refractivity contribution in [2.45, 2.75) is 25.4 Å². The van der Waals surface area contributed by atoms with E-state index in [9.17, 15) is 14.0 Å². The topological polar surface area (TPSA) is 92.7 Å². The number of aryl methyl sites for hydroxylation is 1. The molecule has 0 saturated carbocycles. The second-order valence-electron chi connectivity index (χ2n) is 7.30. The van der Waals surface area contributed by atoms with E-state index >= 15 is 0 Å². The van der Waals surface area contributed by atoms with Gasteiger partial charge in [0.2, 0.25) is 5.95 Å². The maximum absolute atomic E-state index is 13.9. The van der Waals surface area contributed by atoms with Crippen LogP contribution in [-0.4, -0.2) is 19.5 Å². The van der Waals surface area contributed by atoms with Gasteiger partial charge in [-0.05, 0) is 30.0 Å². The zero-order chi connectivity index (χ0) is 20.7. The van der Waals surface area contributed by atoms with Crippen molar-refractivity contribution in [3.63, 3.8) is 0 Å². The van der Waals surface area contributed by atoms with Crippen molar-refractivity contribution in [1.82, 2.24) is 19.5 Å². The number of nitrogens with zero attached hydrogens (tertiary/aromatic N) is 3. The molecule has 0 bridgehead atoms. The molecule has 0 saturated heterocycles. The molecule has 150 valence electrons. The summed E-state index contributed by atoms with van der Waals surface area (Å²) in [4.78, 5) is 36.5. The van der Waals surface area contributed by atoms with Crippen molar-refractivity contribution < 1.29 is 4.39 Å². The Morgan fingerprint density at radius 2 is 1.93 bits per heavy atom. The van der Waals surface area contributed by atoms with Crippen LogP contribution in [0.2, 0.25) is 0 Å². The molecule has 1 unspecified atom stereocenters. The van der Waals surface area contributed by atoms with Crippen LogP contribution in [0.15, 0.2) is 64.3 Å². The minimum Gasteiger partial charge on any atom is -0.347 e. The van der Waals surface area contributed by atoms with Crippen LogP contribution >= 0.6 is 0 Å². The molecule has 2 aromatic carbocycles. The summed E-state index contributed by atoms with van der Waals surface area (Å²) < 4.78 is 14.9. The minimum atomic E-state index is -0.647. The van der Waals surface area contributed by atoms with Crippen LogP contribution in [0.3, 0.4) is 0 Å². The Bertz CT molecular complexity index is 1380. The Morgan fingerprint density at radius 3 is 2.80 bits per heavy atom. The fourth-order valence-corrected chi connectivity index (χ4v) is 3.91. The zero-order valence-electron chi connectivity index (χ0n) is 15.9. The highest BCUT2D eigenvalue weighted by atomic mass is 19.1. The summed E-state index contributed by atoms with van der Waals surface area (Å²) in [6.07, 6.45) is 3.28. The first-order valence-electron chi connectivity index (χ1n) is 9.68. The molecular formula is C22H18FN5O2. The predicted octanol–water partition coefficient (Wildman–Crippen LogP) is 2.77. The smallest absolute Gasteiger partial charge is 0.330 e. The zero-order valence-corrected chi connectivity index (χ0v) is 15.9. The van der Waals surface area contributed by atoms with Crippen molar-refractivity contribution in [3.05, 3.63) is 98.1 Å². The molecule has 2 aromatic heterocycles. The summed E-state index contributed by atoms with van der Waals surface area (Å²) in [5.41, 5.74) is 1.69. The molecule has 1 atom stereocenters.